The molecule has 2 aliphatic heterocycles. The fourth-order valence-corrected chi connectivity index (χ4v) is 5.20. The number of carbonyl (C=O) groups is 2. The van der Waals surface area contributed by atoms with Crippen molar-refractivity contribution in [2.75, 3.05) is 38.3 Å². The van der Waals surface area contributed by atoms with Crippen molar-refractivity contribution in [2.24, 2.45) is 0 Å². The summed E-state index contributed by atoms with van der Waals surface area (Å²) in [6.07, 6.45) is 0. The molecule has 38 heavy (non-hydrogen) atoms. The monoisotopic (exact) mass is 539 g/mol. The minimum Gasteiger partial charge on any atom is -0.454 e. The number of ether oxygens (including phenoxy) is 2. The van der Waals surface area contributed by atoms with Crippen LogP contribution in [0.3, 0.4) is 0 Å². The van der Waals surface area contributed by atoms with Crippen molar-refractivity contribution in [2.45, 2.75) is 33.0 Å². The van der Waals surface area contributed by atoms with Gasteiger partial charge in [0.1, 0.15) is 16.5 Å². The summed E-state index contributed by atoms with van der Waals surface area (Å²) < 4.78 is 24.8. The number of aromatic nitrogens is 1. The molecule has 2 aliphatic rings. The van der Waals surface area contributed by atoms with E-state index in [4.69, 9.17) is 9.47 Å². The highest BCUT2D eigenvalue weighted by Crippen LogP contribution is 2.33. The number of anilines is 1. The van der Waals surface area contributed by atoms with E-state index in [1.165, 1.54) is 23.5 Å². The molecule has 1 fully saturated rings. The highest BCUT2D eigenvalue weighted by molar-refractivity contribution is 7.09. The van der Waals surface area contributed by atoms with E-state index < -0.39 is 11.8 Å². The second-order valence-corrected chi connectivity index (χ2v) is 10.5. The first-order valence-corrected chi connectivity index (χ1v) is 13.4. The lowest BCUT2D eigenvalue weighted by Crippen LogP contribution is -2.48. The van der Waals surface area contributed by atoms with Crippen LogP contribution in [-0.4, -0.2) is 70.6 Å². The summed E-state index contributed by atoms with van der Waals surface area (Å²) in [5.74, 6) is 0.940. The molecule has 3 amide bonds. The van der Waals surface area contributed by atoms with Gasteiger partial charge in [-0.25, -0.2) is 14.2 Å². The molecular formula is C27H30FN5O4S. The largest absolute Gasteiger partial charge is 0.454 e. The van der Waals surface area contributed by atoms with E-state index in [0.29, 0.717) is 23.8 Å². The summed E-state index contributed by atoms with van der Waals surface area (Å²) in [5.41, 5.74) is 1.65. The lowest BCUT2D eigenvalue weighted by molar-refractivity contribution is 0.0623. The lowest BCUT2D eigenvalue weighted by Gasteiger charge is -2.34. The van der Waals surface area contributed by atoms with E-state index in [2.05, 4.69) is 15.2 Å². The molecule has 9 nitrogen and oxygen atoms in total. The van der Waals surface area contributed by atoms with Gasteiger partial charge in [-0.05, 0) is 43.7 Å². The molecule has 1 N–H and O–H groups in total. The number of halogens is 1. The molecule has 0 spiro atoms. The Balaban J connectivity index is 1.15. The number of nitrogens with zero attached hydrogens (tertiary/aromatic N) is 4. The van der Waals surface area contributed by atoms with Gasteiger partial charge in [-0.2, -0.15) is 0 Å². The third kappa shape index (κ3) is 5.89. The number of rotatable bonds is 7. The first-order chi connectivity index (χ1) is 18.4. The van der Waals surface area contributed by atoms with Crippen molar-refractivity contribution in [1.29, 1.82) is 0 Å². The molecule has 0 atom stereocenters. The molecule has 0 bridgehead atoms. The van der Waals surface area contributed by atoms with Crippen molar-refractivity contribution in [3.63, 3.8) is 0 Å². The third-order valence-electron chi connectivity index (χ3n) is 6.58. The molecule has 2 aromatic carbocycles. The number of fused-ring (bicyclic) bond motifs is 1. The second-order valence-electron chi connectivity index (χ2n) is 9.51. The van der Waals surface area contributed by atoms with E-state index in [1.807, 2.05) is 36.9 Å². The van der Waals surface area contributed by atoms with Gasteiger partial charge in [-0.15, -0.1) is 11.3 Å². The number of hydrogen-bond acceptors (Lipinski definition) is 7. The van der Waals surface area contributed by atoms with Crippen molar-refractivity contribution in [1.82, 2.24) is 19.7 Å². The predicted molar refractivity (Wildman–Crippen MR) is 142 cm³/mol. The number of nitrogens with one attached hydrogen (secondary N) is 1. The number of carbonyl (C=O) groups excluding carboxylic acids is 2. The zero-order valence-corrected chi connectivity index (χ0v) is 22.2. The highest BCUT2D eigenvalue weighted by Gasteiger charge is 2.26. The Morgan fingerprint density at radius 1 is 1.11 bits per heavy atom. The van der Waals surface area contributed by atoms with Gasteiger partial charge in [-0.3, -0.25) is 9.69 Å². The Kier molecular flexibility index (Phi) is 7.75. The predicted octanol–water partition coefficient (Wildman–Crippen LogP) is 4.41. The van der Waals surface area contributed by atoms with Crippen LogP contribution >= 0.6 is 11.3 Å². The Morgan fingerprint density at radius 3 is 2.63 bits per heavy atom. The maximum atomic E-state index is 14.0. The first-order valence-electron chi connectivity index (χ1n) is 12.5. The van der Waals surface area contributed by atoms with Crippen LogP contribution in [0.5, 0.6) is 11.5 Å². The number of hydrogen-bond donors (Lipinski definition) is 1. The van der Waals surface area contributed by atoms with Crippen LogP contribution in [0.4, 0.5) is 14.9 Å². The van der Waals surface area contributed by atoms with Crippen LogP contribution in [0.1, 0.15) is 34.9 Å². The van der Waals surface area contributed by atoms with Crippen molar-refractivity contribution in [3.05, 3.63) is 69.9 Å². The second kappa shape index (κ2) is 11.4. The molecule has 1 saturated heterocycles. The molecular weight excluding hydrogens is 509 g/mol. The number of benzene rings is 2. The van der Waals surface area contributed by atoms with Crippen LogP contribution in [0, 0.1) is 5.82 Å². The standard InChI is InChI=1S/C27H30FN5O4S/c1-18(2)33(27(35)30-21-6-4-3-5-20(21)28)15-25-29-22(16-38-25)26(34)32-11-9-31(10-12-32)14-19-7-8-23-24(13-19)37-17-36-23/h3-8,13,16,18H,9-12,14-15,17H2,1-2H3,(H,30,35). The van der Waals surface area contributed by atoms with Gasteiger partial charge in [0.05, 0.1) is 12.2 Å². The third-order valence-corrected chi connectivity index (χ3v) is 7.41. The minimum absolute atomic E-state index is 0.109. The highest BCUT2D eigenvalue weighted by atomic mass is 32.1. The molecule has 0 radical (unpaired) electrons. The molecule has 1 aromatic heterocycles. The van der Waals surface area contributed by atoms with Gasteiger partial charge in [0.2, 0.25) is 6.79 Å². The number of amides is 3. The molecule has 200 valence electrons. The maximum Gasteiger partial charge on any atom is 0.322 e. The quantitative estimate of drug-likeness (QED) is 0.479. The smallest absolute Gasteiger partial charge is 0.322 e. The molecule has 11 heteroatoms. The zero-order valence-electron chi connectivity index (χ0n) is 21.4. The number of thiazole rings is 1. The summed E-state index contributed by atoms with van der Waals surface area (Å²) in [5, 5.41) is 5.01. The molecule has 5 rings (SSSR count). The molecule has 3 heterocycles. The van der Waals surface area contributed by atoms with Gasteiger partial charge in [0, 0.05) is 44.1 Å². The van der Waals surface area contributed by atoms with Gasteiger partial charge in [-0.1, -0.05) is 18.2 Å². The zero-order chi connectivity index (χ0) is 26.6. The van der Waals surface area contributed by atoms with E-state index in [-0.39, 0.29) is 31.0 Å². The molecule has 0 aliphatic carbocycles. The number of urea groups is 1. The van der Waals surface area contributed by atoms with Crippen LogP contribution in [-0.2, 0) is 13.1 Å². The first kappa shape index (κ1) is 25.9. The van der Waals surface area contributed by atoms with Crippen molar-refractivity contribution >= 4 is 29.0 Å². The molecule has 0 unspecified atom stereocenters. The minimum atomic E-state index is -0.498. The maximum absolute atomic E-state index is 14.0. The summed E-state index contributed by atoms with van der Waals surface area (Å²) in [4.78, 5) is 36.2. The average molecular weight is 540 g/mol. The van der Waals surface area contributed by atoms with Gasteiger partial charge < -0.3 is 24.6 Å². The van der Waals surface area contributed by atoms with Gasteiger partial charge in [0.15, 0.2) is 11.5 Å². The Labute approximate surface area is 224 Å². The fourth-order valence-electron chi connectivity index (χ4n) is 4.43. The Bertz CT molecular complexity index is 1310. The van der Waals surface area contributed by atoms with E-state index in [0.717, 1.165) is 36.7 Å². The topological polar surface area (TPSA) is 87.2 Å². The summed E-state index contributed by atoms with van der Waals surface area (Å²) in [6.45, 7) is 7.75. The Hall–Kier alpha value is -3.70. The van der Waals surface area contributed by atoms with Crippen molar-refractivity contribution < 1.29 is 23.5 Å². The van der Waals surface area contributed by atoms with Crippen LogP contribution in [0.15, 0.2) is 47.8 Å². The normalized spacial score (nSPS) is 15.1. The van der Waals surface area contributed by atoms with Crippen molar-refractivity contribution in [3.8, 4) is 11.5 Å². The SMILES string of the molecule is CC(C)N(Cc1nc(C(=O)N2CCN(Cc3ccc4c(c3)OCO4)CC2)cs1)C(=O)Nc1ccccc1F. The summed E-state index contributed by atoms with van der Waals surface area (Å²) in [6, 6.07) is 11.4. The van der Waals surface area contributed by atoms with E-state index >= 15 is 0 Å². The number of para-hydroxylation sites is 1. The van der Waals surface area contributed by atoms with E-state index in [9.17, 15) is 14.0 Å². The van der Waals surface area contributed by atoms with Crippen LogP contribution in [0.2, 0.25) is 0 Å². The van der Waals surface area contributed by atoms with E-state index in [1.54, 1.807) is 22.4 Å². The summed E-state index contributed by atoms with van der Waals surface area (Å²) >= 11 is 1.34. The number of piperazine rings is 1. The average Bonchev–Trinajstić information content (AvgIpc) is 3.58. The fraction of sp³-hybridized carbons (Fsp3) is 0.370. The van der Waals surface area contributed by atoms with Gasteiger partial charge >= 0.3 is 6.03 Å². The van der Waals surface area contributed by atoms with Crippen LogP contribution < -0.4 is 14.8 Å². The van der Waals surface area contributed by atoms with Gasteiger partial charge in [0.25, 0.3) is 5.91 Å². The Morgan fingerprint density at radius 2 is 1.87 bits per heavy atom. The summed E-state index contributed by atoms with van der Waals surface area (Å²) in [7, 11) is 0. The van der Waals surface area contributed by atoms with Crippen LogP contribution in [0.25, 0.3) is 0 Å². The molecule has 3 aromatic rings. The lowest BCUT2D eigenvalue weighted by atomic mass is 10.1. The molecule has 0 saturated carbocycles.